The van der Waals surface area contributed by atoms with Gasteiger partial charge in [0.2, 0.25) is 11.8 Å². The molecule has 1 atom stereocenters. The number of hydrogen-bond acceptors (Lipinski definition) is 4. The molecule has 130 valence electrons. The number of aromatic nitrogens is 2. The first-order valence-corrected chi connectivity index (χ1v) is 8.56. The fourth-order valence-electron chi connectivity index (χ4n) is 3.61. The molecular weight excluding hydrogens is 318 g/mol. The average Bonchev–Trinajstić information content (AvgIpc) is 3.17. The Morgan fingerprint density at radius 3 is 2.60 bits per heavy atom. The number of nitrogens with one attached hydrogen (secondary N) is 2. The summed E-state index contributed by atoms with van der Waals surface area (Å²) in [6, 6.07) is 9.17. The van der Waals surface area contributed by atoms with Crippen molar-refractivity contribution in [1.29, 1.82) is 0 Å². The van der Waals surface area contributed by atoms with Gasteiger partial charge >= 0.3 is 0 Å². The van der Waals surface area contributed by atoms with Crippen LogP contribution in [0.1, 0.15) is 25.8 Å². The number of amides is 2. The number of rotatable bonds is 2. The van der Waals surface area contributed by atoms with Crippen LogP contribution < -0.4 is 10.6 Å². The van der Waals surface area contributed by atoms with Crippen molar-refractivity contribution in [3.05, 3.63) is 42.7 Å². The summed E-state index contributed by atoms with van der Waals surface area (Å²) in [6.07, 6.45) is 4.64. The fourth-order valence-corrected chi connectivity index (χ4v) is 3.61. The van der Waals surface area contributed by atoms with Crippen LogP contribution in [0.4, 0.5) is 11.4 Å². The van der Waals surface area contributed by atoms with Gasteiger partial charge in [-0.15, -0.1) is 0 Å². The maximum Gasteiger partial charge on any atom is 0.250 e. The first kappa shape index (κ1) is 15.7. The summed E-state index contributed by atoms with van der Waals surface area (Å²) in [5.41, 5.74) is 1.11. The predicted octanol–water partition coefficient (Wildman–Crippen LogP) is 1.87. The lowest BCUT2D eigenvalue weighted by atomic mass is 9.84. The first-order valence-electron chi connectivity index (χ1n) is 8.56. The summed E-state index contributed by atoms with van der Waals surface area (Å²) in [5.74, 6) is 0.0218. The fraction of sp³-hybridized carbons (Fsp3) is 0.389. The van der Waals surface area contributed by atoms with Crippen molar-refractivity contribution >= 4 is 23.2 Å². The van der Waals surface area contributed by atoms with Gasteiger partial charge in [-0.3, -0.25) is 14.3 Å². The Morgan fingerprint density at radius 2 is 1.92 bits per heavy atom. The Kier molecular flexibility index (Phi) is 3.71. The van der Waals surface area contributed by atoms with Crippen LogP contribution in [0.5, 0.6) is 0 Å². The second kappa shape index (κ2) is 5.91. The van der Waals surface area contributed by atoms with Crippen molar-refractivity contribution in [3.8, 4) is 0 Å². The zero-order valence-corrected chi connectivity index (χ0v) is 14.1. The van der Waals surface area contributed by atoms with Gasteiger partial charge in [0, 0.05) is 25.5 Å². The molecule has 0 saturated carbocycles. The summed E-state index contributed by atoms with van der Waals surface area (Å²) in [4.78, 5) is 27.2. The number of likely N-dealkylation sites (tertiary alicyclic amines) is 1. The van der Waals surface area contributed by atoms with Crippen LogP contribution in [-0.2, 0) is 9.59 Å². The van der Waals surface area contributed by atoms with E-state index in [1.54, 1.807) is 17.1 Å². The normalized spacial score (nSPS) is 19.7. The van der Waals surface area contributed by atoms with Gasteiger partial charge in [0.1, 0.15) is 11.6 Å². The van der Waals surface area contributed by atoms with Crippen LogP contribution in [0, 0.1) is 0 Å². The highest BCUT2D eigenvalue weighted by molar-refractivity contribution is 6.06. The maximum absolute atomic E-state index is 12.7. The van der Waals surface area contributed by atoms with Gasteiger partial charge in [0.25, 0.3) is 0 Å². The van der Waals surface area contributed by atoms with Crippen LogP contribution in [0.3, 0.4) is 0 Å². The van der Waals surface area contributed by atoms with Crippen LogP contribution in [0.25, 0.3) is 0 Å². The van der Waals surface area contributed by atoms with Crippen molar-refractivity contribution in [3.63, 3.8) is 0 Å². The van der Waals surface area contributed by atoms with Gasteiger partial charge in [-0.25, -0.2) is 0 Å². The van der Waals surface area contributed by atoms with E-state index >= 15 is 0 Å². The molecule has 2 aliphatic heterocycles. The molecule has 7 nitrogen and oxygen atoms in total. The van der Waals surface area contributed by atoms with E-state index in [0.29, 0.717) is 25.9 Å². The molecular formula is C18H21N5O2. The third-order valence-electron chi connectivity index (χ3n) is 5.19. The minimum Gasteiger partial charge on any atom is -0.369 e. The Labute approximate surface area is 146 Å². The molecule has 2 amide bonds. The molecule has 1 fully saturated rings. The SMILES string of the molecule is C[C@H](C(=O)N1CCC2(CC1)Nc1ccccc1NC2=O)n1cccn1. The van der Waals surface area contributed by atoms with Crippen LogP contribution >= 0.6 is 0 Å². The number of piperidine rings is 1. The van der Waals surface area contributed by atoms with Crippen molar-refractivity contribution in [2.24, 2.45) is 0 Å². The Morgan fingerprint density at radius 1 is 1.20 bits per heavy atom. The van der Waals surface area contributed by atoms with Crippen molar-refractivity contribution in [2.75, 3.05) is 23.7 Å². The minimum absolute atomic E-state index is 0.0153. The molecule has 3 heterocycles. The Balaban J connectivity index is 1.46. The summed E-state index contributed by atoms with van der Waals surface area (Å²) >= 11 is 0. The summed E-state index contributed by atoms with van der Waals surface area (Å²) in [7, 11) is 0. The van der Waals surface area contributed by atoms with Crippen molar-refractivity contribution in [2.45, 2.75) is 31.3 Å². The molecule has 0 bridgehead atoms. The molecule has 4 rings (SSSR count). The van der Waals surface area contributed by atoms with E-state index in [0.717, 1.165) is 11.4 Å². The predicted molar refractivity (Wildman–Crippen MR) is 94.2 cm³/mol. The number of nitrogens with zero attached hydrogens (tertiary/aromatic N) is 3. The van der Waals surface area contributed by atoms with Gasteiger partial charge < -0.3 is 15.5 Å². The molecule has 25 heavy (non-hydrogen) atoms. The van der Waals surface area contributed by atoms with E-state index in [1.165, 1.54) is 0 Å². The topological polar surface area (TPSA) is 79.3 Å². The quantitative estimate of drug-likeness (QED) is 0.875. The van der Waals surface area contributed by atoms with Gasteiger partial charge in [-0.05, 0) is 38.0 Å². The number of carbonyl (C=O) groups excluding carboxylic acids is 2. The molecule has 1 spiro atoms. The zero-order valence-electron chi connectivity index (χ0n) is 14.1. The van der Waals surface area contributed by atoms with E-state index in [2.05, 4.69) is 15.7 Å². The third kappa shape index (κ3) is 2.65. The lowest BCUT2D eigenvalue weighted by Crippen LogP contribution is -2.59. The number of hydrogen-bond donors (Lipinski definition) is 2. The highest BCUT2D eigenvalue weighted by atomic mass is 16.2. The van der Waals surface area contributed by atoms with Gasteiger partial charge in [0.15, 0.2) is 0 Å². The second-order valence-electron chi connectivity index (χ2n) is 6.69. The van der Waals surface area contributed by atoms with Crippen molar-refractivity contribution in [1.82, 2.24) is 14.7 Å². The number of benzene rings is 1. The summed E-state index contributed by atoms with van der Waals surface area (Å²) in [5, 5.41) is 10.5. The Hall–Kier alpha value is -2.83. The first-order chi connectivity index (χ1) is 12.1. The molecule has 2 N–H and O–H groups in total. The van der Waals surface area contributed by atoms with E-state index in [9.17, 15) is 9.59 Å². The van der Waals surface area contributed by atoms with Crippen LogP contribution in [0.15, 0.2) is 42.7 Å². The molecule has 1 aromatic heterocycles. The van der Waals surface area contributed by atoms with Crippen LogP contribution in [0.2, 0.25) is 0 Å². The van der Waals surface area contributed by atoms with E-state index < -0.39 is 5.54 Å². The van der Waals surface area contributed by atoms with Crippen LogP contribution in [-0.4, -0.2) is 45.1 Å². The Bertz CT molecular complexity index is 794. The van der Waals surface area contributed by atoms with Gasteiger partial charge in [0.05, 0.1) is 11.4 Å². The van der Waals surface area contributed by atoms with Crippen molar-refractivity contribution < 1.29 is 9.59 Å². The summed E-state index contributed by atoms with van der Waals surface area (Å²) in [6.45, 7) is 2.95. The third-order valence-corrected chi connectivity index (χ3v) is 5.19. The maximum atomic E-state index is 12.7. The number of para-hydroxylation sites is 2. The lowest BCUT2D eigenvalue weighted by Gasteiger charge is -2.44. The lowest BCUT2D eigenvalue weighted by molar-refractivity contribution is -0.137. The molecule has 7 heteroatoms. The number of fused-ring (bicyclic) bond motifs is 1. The monoisotopic (exact) mass is 339 g/mol. The standard InChI is InChI=1S/C18H21N5O2/c1-13(23-10-4-9-19-23)16(24)22-11-7-18(8-12-22)17(25)20-14-5-2-3-6-15(14)21-18/h2-6,9-10,13,21H,7-8,11-12H2,1H3,(H,20,25)/t13-/m1/s1. The second-order valence-corrected chi connectivity index (χ2v) is 6.69. The van der Waals surface area contributed by atoms with E-state index in [1.807, 2.05) is 42.2 Å². The zero-order chi connectivity index (χ0) is 17.4. The molecule has 0 aliphatic carbocycles. The molecule has 2 aliphatic rings. The van der Waals surface area contributed by atoms with Gasteiger partial charge in [-0.1, -0.05) is 12.1 Å². The molecule has 1 aromatic carbocycles. The molecule has 2 aromatic rings. The number of carbonyl (C=O) groups is 2. The average molecular weight is 339 g/mol. The summed E-state index contributed by atoms with van der Waals surface area (Å²) < 4.78 is 1.66. The molecule has 1 saturated heterocycles. The van der Waals surface area contributed by atoms with E-state index in [4.69, 9.17) is 0 Å². The molecule has 0 radical (unpaired) electrons. The largest absolute Gasteiger partial charge is 0.369 e. The number of anilines is 2. The smallest absolute Gasteiger partial charge is 0.250 e. The van der Waals surface area contributed by atoms with E-state index in [-0.39, 0.29) is 17.9 Å². The highest BCUT2D eigenvalue weighted by Gasteiger charge is 2.45. The van der Waals surface area contributed by atoms with Gasteiger partial charge in [-0.2, -0.15) is 5.10 Å². The highest BCUT2D eigenvalue weighted by Crippen LogP contribution is 2.36. The minimum atomic E-state index is -0.639. The molecule has 0 unspecified atom stereocenters.